The van der Waals surface area contributed by atoms with Gasteiger partial charge in [0.25, 0.3) is 0 Å². The minimum absolute atomic E-state index is 0.265. The van der Waals surface area contributed by atoms with Gasteiger partial charge in [-0.1, -0.05) is 17.9 Å². The van der Waals surface area contributed by atoms with E-state index < -0.39 is 5.60 Å². The van der Waals surface area contributed by atoms with Crippen LogP contribution in [0.4, 0.5) is 6.01 Å². The molecule has 0 radical (unpaired) electrons. The first kappa shape index (κ1) is 12.3. The molecule has 0 saturated heterocycles. The highest BCUT2D eigenvalue weighted by Crippen LogP contribution is 2.31. The van der Waals surface area contributed by atoms with E-state index in [9.17, 15) is 5.11 Å². The summed E-state index contributed by atoms with van der Waals surface area (Å²) in [5, 5.41) is 18.1. The number of nitrogens with two attached hydrogens (primary N) is 1. The topological polar surface area (TPSA) is 88.4 Å². The summed E-state index contributed by atoms with van der Waals surface area (Å²) in [6, 6.07) is 0.150. The fourth-order valence-corrected chi connectivity index (χ4v) is 2.27. The van der Waals surface area contributed by atoms with Gasteiger partial charge >= 0.3 is 6.01 Å². The van der Waals surface area contributed by atoms with Gasteiger partial charge in [0.1, 0.15) is 0 Å². The summed E-state index contributed by atoms with van der Waals surface area (Å²) in [6.45, 7) is 2.31. The van der Waals surface area contributed by atoms with E-state index in [4.69, 9.17) is 10.2 Å². The summed E-state index contributed by atoms with van der Waals surface area (Å²) >= 11 is 0. The van der Waals surface area contributed by atoms with Crippen molar-refractivity contribution in [3.63, 3.8) is 0 Å². The van der Waals surface area contributed by atoms with Crippen molar-refractivity contribution >= 4 is 6.01 Å². The number of nitrogens with zero attached hydrogens (tertiary/aromatic N) is 3. The van der Waals surface area contributed by atoms with E-state index in [1.165, 1.54) is 0 Å². The lowest BCUT2D eigenvalue weighted by Gasteiger charge is -2.27. The maximum absolute atomic E-state index is 10.3. The molecular weight excluding hydrogens is 220 g/mol. The van der Waals surface area contributed by atoms with Crippen LogP contribution in [-0.2, 0) is 0 Å². The molecule has 17 heavy (non-hydrogen) atoms. The van der Waals surface area contributed by atoms with E-state index in [2.05, 4.69) is 10.2 Å². The Hall–Kier alpha value is -1.14. The molecule has 0 bridgehead atoms. The number of rotatable bonds is 4. The SMILES string of the molecule is CC(N)c1nnc(N(C)CC2(O)CCCC2)o1. The van der Waals surface area contributed by atoms with Gasteiger partial charge < -0.3 is 20.2 Å². The minimum Gasteiger partial charge on any atom is -0.406 e. The van der Waals surface area contributed by atoms with Gasteiger partial charge in [-0.25, -0.2) is 0 Å². The quantitative estimate of drug-likeness (QED) is 0.810. The van der Waals surface area contributed by atoms with Crippen LogP contribution in [0, 0.1) is 0 Å². The van der Waals surface area contributed by atoms with Gasteiger partial charge in [0, 0.05) is 7.05 Å². The van der Waals surface area contributed by atoms with Crippen LogP contribution in [0.25, 0.3) is 0 Å². The molecular formula is C11H20N4O2. The zero-order valence-electron chi connectivity index (χ0n) is 10.4. The number of aromatic nitrogens is 2. The van der Waals surface area contributed by atoms with Gasteiger partial charge in [0.2, 0.25) is 5.89 Å². The highest BCUT2D eigenvalue weighted by Gasteiger charge is 2.33. The largest absolute Gasteiger partial charge is 0.406 e. The van der Waals surface area contributed by atoms with Crippen LogP contribution in [0.2, 0.25) is 0 Å². The van der Waals surface area contributed by atoms with Crippen LogP contribution in [0.15, 0.2) is 4.42 Å². The minimum atomic E-state index is -0.613. The molecule has 1 unspecified atom stereocenters. The Bertz CT molecular complexity index is 371. The summed E-state index contributed by atoms with van der Waals surface area (Å²) in [5.74, 6) is 0.422. The Morgan fingerprint density at radius 2 is 2.12 bits per heavy atom. The normalized spacial score (nSPS) is 20.5. The lowest BCUT2D eigenvalue weighted by atomic mass is 10.0. The van der Waals surface area contributed by atoms with Gasteiger partial charge in [-0.3, -0.25) is 0 Å². The van der Waals surface area contributed by atoms with E-state index in [-0.39, 0.29) is 6.04 Å². The molecule has 0 aromatic carbocycles. The third kappa shape index (κ3) is 2.76. The van der Waals surface area contributed by atoms with Crippen LogP contribution in [0.3, 0.4) is 0 Å². The van der Waals surface area contributed by atoms with Crippen LogP contribution in [0.5, 0.6) is 0 Å². The monoisotopic (exact) mass is 240 g/mol. The van der Waals surface area contributed by atoms with Crippen molar-refractivity contribution in [3.05, 3.63) is 5.89 Å². The maximum Gasteiger partial charge on any atom is 0.318 e. The van der Waals surface area contributed by atoms with Crippen LogP contribution in [-0.4, -0.2) is 34.5 Å². The molecule has 1 aromatic rings. The average molecular weight is 240 g/mol. The molecule has 3 N–H and O–H groups in total. The first-order chi connectivity index (χ1) is 8.00. The van der Waals surface area contributed by atoms with Crippen LogP contribution < -0.4 is 10.6 Å². The van der Waals surface area contributed by atoms with E-state index in [1.807, 2.05) is 7.05 Å². The van der Waals surface area contributed by atoms with Gasteiger partial charge in [-0.15, -0.1) is 5.10 Å². The third-order valence-electron chi connectivity index (χ3n) is 3.21. The summed E-state index contributed by atoms with van der Waals surface area (Å²) in [5.41, 5.74) is 5.04. The van der Waals surface area contributed by atoms with Crippen molar-refractivity contribution in [1.82, 2.24) is 10.2 Å². The van der Waals surface area contributed by atoms with Crippen molar-refractivity contribution in [2.75, 3.05) is 18.5 Å². The second kappa shape index (κ2) is 4.62. The Kier molecular flexibility index (Phi) is 3.35. The highest BCUT2D eigenvalue weighted by atomic mass is 16.4. The first-order valence-corrected chi connectivity index (χ1v) is 6.03. The third-order valence-corrected chi connectivity index (χ3v) is 3.21. The summed E-state index contributed by atoms with van der Waals surface area (Å²) in [6.07, 6.45) is 3.84. The Balaban J connectivity index is 2.01. The molecule has 1 fully saturated rings. The molecule has 2 rings (SSSR count). The van der Waals surface area contributed by atoms with Crippen molar-refractivity contribution < 1.29 is 9.52 Å². The maximum atomic E-state index is 10.3. The fourth-order valence-electron chi connectivity index (χ4n) is 2.27. The lowest BCUT2D eigenvalue weighted by molar-refractivity contribution is 0.0549. The highest BCUT2D eigenvalue weighted by molar-refractivity contribution is 5.23. The molecule has 6 nitrogen and oxygen atoms in total. The van der Waals surface area contributed by atoms with Crippen molar-refractivity contribution in [2.45, 2.75) is 44.2 Å². The predicted molar refractivity (Wildman–Crippen MR) is 63.6 cm³/mol. The molecule has 0 aliphatic heterocycles. The van der Waals surface area contributed by atoms with E-state index in [0.717, 1.165) is 25.7 Å². The van der Waals surface area contributed by atoms with Crippen LogP contribution in [0.1, 0.15) is 44.5 Å². The summed E-state index contributed by atoms with van der Waals surface area (Å²) in [4.78, 5) is 1.80. The number of likely N-dealkylation sites (N-methyl/N-ethyl adjacent to an activating group) is 1. The van der Waals surface area contributed by atoms with Gasteiger partial charge in [-0.05, 0) is 19.8 Å². The molecule has 96 valence electrons. The average Bonchev–Trinajstić information content (AvgIpc) is 2.86. The van der Waals surface area contributed by atoms with Crippen molar-refractivity contribution in [2.24, 2.45) is 5.73 Å². The fraction of sp³-hybridized carbons (Fsp3) is 0.818. The van der Waals surface area contributed by atoms with Crippen molar-refractivity contribution in [1.29, 1.82) is 0 Å². The number of hydrogen-bond donors (Lipinski definition) is 2. The molecule has 1 aromatic heterocycles. The second-order valence-electron chi connectivity index (χ2n) is 5.00. The number of hydrogen-bond acceptors (Lipinski definition) is 6. The standard InChI is InChI=1S/C11H20N4O2/c1-8(12)9-13-14-10(17-9)15(2)7-11(16)5-3-4-6-11/h8,16H,3-7,12H2,1-2H3. The Labute approximate surface area is 101 Å². The predicted octanol–water partition coefficient (Wildman–Crippen LogP) is 0.831. The van der Waals surface area contributed by atoms with Crippen molar-refractivity contribution in [3.8, 4) is 0 Å². The van der Waals surface area contributed by atoms with E-state index in [0.29, 0.717) is 18.5 Å². The molecule has 6 heteroatoms. The first-order valence-electron chi connectivity index (χ1n) is 6.03. The molecule has 1 aliphatic carbocycles. The Morgan fingerprint density at radius 1 is 1.47 bits per heavy atom. The molecule has 0 amide bonds. The van der Waals surface area contributed by atoms with E-state index in [1.54, 1.807) is 11.8 Å². The Morgan fingerprint density at radius 3 is 2.65 bits per heavy atom. The molecule has 1 heterocycles. The molecule has 1 saturated carbocycles. The zero-order chi connectivity index (χ0) is 12.5. The smallest absolute Gasteiger partial charge is 0.318 e. The zero-order valence-corrected chi connectivity index (χ0v) is 10.4. The molecule has 0 spiro atoms. The number of aliphatic hydroxyl groups is 1. The summed E-state index contributed by atoms with van der Waals surface area (Å²) in [7, 11) is 1.84. The van der Waals surface area contributed by atoms with Crippen LogP contribution >= 0.6 is 0 Å². The second-order valence-corrected chi connectivity index (χ2v) is 5.00. The molecule has 1 aliphatic rings. The lowest BCUT2D eigenvalue weighted by Crippen LogP contribution is -2.39. The van der Waals surface area contributed by atoms with Gasteiger partial charge in [-0.2, -0.15) is 0 Å². The van der Waals surface area contributed by atoms with Gasteiger partial charge in [0.05, 0.1) is 18.2 Å². The molecule has 1 atom stereocenters. The van der Waals surface area contributed by atoms with Gasteiger partial charge in [0.15, 0.2) is 0 Å². The summed E-state index contributed by atoms with van der Waals surface area (Å²) < 4.78 is 5.43. The number of anilines is 1. The van der Waals surface area contributed by atoms with E-state index >= 15 is 0 Å².